The van der Waals surface area contributed by atoms with Crippen LogP contribution in [0.2, 0.25) is 0 Å². The number of carbonyl (C=O) groups is 1. The molecule has 1 saturated heterocycles. The standard InChI is InChI=1S/C21H21N7O3/c29-18(30)16-8-6-15(7-9-16)14-22-27-20-24-19(23-17-4-2-1-3-5-17)25-21(26-20)28-10-12-31-13-11-28/h1-9,14H,10-13H2,(H,29,30)(H2,23,24,25,26,27)/b22-14+. The normalized spacial score (nSPS) is 13.9. The largest absolute Gasteiger partial charge is 0.478 e. The summed E-state index contributed by atoms with van der Waals surface area (Å²) in [6, 6.07) is 16.0. The van der Waals surface area contributed by atoms with Gasteiger partial charge in [0.15, 0.2) is 0 Å². The van der Waals surface area contributed by atoms with Gasteiger partial charge in [0.2, 0.25) is 17.8 Å². The van der Waals surface area contributed by atoms with Crippen molar-refractivity contribution < 1.29 is 14.6 Å². The van der Waals surface area contributed by atoms with E-state index in [2.05, 4.69) is 30.8 Å². The monoisotopic (exact) mass is 419 g/mol. The zero-order valence-corrected chi connectivity index (χ0v) is 16.6. The molecule has 0 aliphatic carbocycles. The molecule has 2 heterocycles. The second kappa shape index (κ2) is 9.63. The number of aromatic carboxylic acids is 1. The molecule has 3 aromatic rings. The van der Waals surface area contributed by atoms with Gasteiger partial charge < -0.3 is 20.1 Å². The molecule has 0 radical (unpaired) electrons. The van der Waals surface area contributed by atoms with Crippen LogP contribution in [0.15, 0.2) is 59.7 Å². The highest BCUT2D eigenvalue weighted by Gasteiger charge is 2.16. The number of anilines is 4. The lowest BCUT2D eigenvalue weighted by molar-refractivity contribution is 0.0697. The fourth-order valence-electron chi connectivity index (χ4n) is 2.90. The summed E-state index contributed by atoms with van der Waals surface area (Å²) >= 11 is 0. The number of ether oxygens (including phenoxy) is 1. The molecule has 3 N–H and O–H groups in total. The Hall–Kier alpha value is -4.05. The zero-order chi connectivity index (χ0) is 21.5. The number of morpholine rings is 1. The van der Waals surface area contributed by atoms with Crippen LogP contribution in [0.3, 0.4) is 0 Å². The maximum absolute atomic E-state index is 11.0. The first-order valence-corrected chi connectivity index (χ1v) is 9.71. The molecule has 1 aromatic heterocycles. The Morgan fingerprint density at radius 2 is 1.71 bits per heavy atom. The number of carboxylic acid groups (broad SMARTS) is 1. The van der Waals surface area contributed by atoms with Crippen LogP contribution in [0.4, 0.5) is 23.5 Å². The maximum Gasteiger partial charge on any atom is 0.335 e. The number of hydrogen-bond acceptors (Lipinski definition) is 9. The zero-order valence-electron chi connectivity index (χ0n) is 16.6. The molecule has 10 heteroatoms. The Balaban J connectivity index is 1.53. The molecular weight excluding hydrogens is 398 g/mol. The van der Waals surface area contributed by atoms with E-state index in [0.29, 0.717) is 38.2 Å². The molecular formula is C21H21N7O3. The van der Waals surface area contributed by atoms with Crippen molar-refractivity contribution in [3.05, 3.63) is 65.7 Å². The van der Waals surface area contributed by atoms with Crippen LogP contribution in [0.25, 0.3) is 0 Å². The Morgan fingerprint density at radius 3 is 2.42 bits per heavy atom. The number of nitrogens with zero attached hydrogens (tertiary/aromatic N) is 5. The Labute approximate surface area is 178 Å². The van der Waals surface area contributed by atoms with Gasteiger partial charge in [0.05, 0.1) is 25.0 Å². The van der Waals surface area contributed by atoms with Crippen molar-refractivity contribution in [2.24, 2.45) is 5.10 Å². The fraction of sp³-hybridized carbons (Fsp3) is 0.190. The van der Waals surface area contributed by atoms with Crippen molar-refractivity contribution in [2.45, 2.75) is 0 Å². The molecule has 0 atom stereocenters. The summed E-state index contributed by atoms with van der Waals surface area (Å²) in [6.07, 6.45) is 1.56. The van der Waals surface area contributed by atoms with E-state index in [1.807, 2.05) is 35.2 Å². The van der Waals surface area contributed by atoms with Gasteiger partial charge in [-0.05, 0) is 29.8 Å². The fourth-order valence-corrected chi connectivity index (χ4v) is 2.90. The minimum Gasteiger partial charge on any atom is -0.478 e. The Kier molecular flexibility index (Phi) is 6.29. The SMILES string of the molecule is O=C(O)c1ccc(/C=N/Nc2nc(Nc3ccccc3)nc(N3CCOCC3)n2)cc1. The van der Waals surface area contributed by atoms with Gasteiger partial charge in [-0.2, -0.15) is 20.1 Å². The van der Waals surface area contributed by atoms with Crippen LogP contribution in [0, 0.1) is 0 Å². The summed E-state index contributed by atoms with van der Waals surface area (Å²) < 4.78 is 5.41. The highest BCUT2D eigenvalue weighted by molar-refractivity contribution is 5.89. The van der Waals surface area contributed by atoms with Crippen LogP contribution < -0.4 is 15.6 Å². The molecule has 31 heavy (non-hydrogen) atoms. The van der Waals surface area contributed by atoms with Crippen LogP contribution in [-0.2, 0) is 4.74 Å². The first-order chi connectivity index (χ1) is 15.2. The van der Waals surface area contributed by atoms with E-state index in [1.165, 1.54) is 12.1 Å². The lowest BCUT2D eigenvalue weighted by Crippen LogP contribution is -2.37. The van der Waals surface area contributed by atoms with Crippen LogP contribution in [-0.4, -0.2) is 58.5 Å². The van der Waals surface area contributed by atoms with E-state index < -0.39 is 5.97 Å². The van der Waals surface area contributed by atoms with Gasteiger partial charge in [0.25, 0.3) is 0 Å². The predicted molar refractivity (Wildman–Crippen MR) is 117 cm³/mol. The van der Waals surface area contributed by atoms with E-state index in [1.54, 1.807) is 18.3 Å². The molecule has 0 bridgehead atoms. The molecule has 0 unspecified atom stereocenters. The summed E-state index contributed by atoms with van der Waals surface area (Å²) in [7, 11) is 0. The number of para-hydroxylation sites is 1. The summed E-state index contributed by atoms with van der Waals surface area (Å²) in [5.41, 5.74) is 4.64. The highest BCUT2D eigenvalue weighted by Crippen LogP contribution is 2.18. The number of hydrazone groups is 1. The Morgan fingerprint density at radius 1 is 1.00 bits per heavy atom. The number of benzene rings is 2. The number of carboxylic acids is 1. The highest BCUT2D eigenvalue weighted by atomic mass is 16.5. The van der Waals surface area contributed by atoms with Gasteiger partial charge in [-0.3, -0.25) is 0 Å². The number of nitrogens with one attached hydrogen (secondary N) is 2. The quantitative estimate of drug-likeness (QED) is 0.391. The average Bonchev–Trinajstić information content (AvgIpc) is 2.80. The molecule has 1 fully saturated rings. The molecule has 1 aliphatic heterocycles. The third-order valence-corrected chi connectivity index (χ3v) is 4.48. The van der Waals surface area contributed by atoms with Crippen molar-refractivity contribution in [1.82, 2.24) is 15.0 Å². The first-order valence-electron chi connectivity index (χ1n) is 9.71. The molecule has 0 amide bonds. The van der Waals surface area contributed by atoms with Gasteiger partial charge in [-0.25, -0.2) is 10.2 Å². The van der Waals surface area contributed by atoms with Crippen molar-refractivity contribution in [3.63, 3.8) is 0 Å². The topological polar surface area (TPSA) is 125 Å². The van der Waals surface area contributed by atoms with E-state index in [9.17, 15) is 4.79 Å². The van der Waals surface area contributed by atoms with Gasteiger partial charge in [0.1, 0.15) is 0 Å². The third kappa shape index (κ3) is 5.52. The lowest BCUT2D eigenvalue weighted by Gasteiger charge is -2.27. The van der Waals surface area contributed by atoms with Gasteiger partial charge in [-0.15, -0.1) is 0 Å². The molecule has 0 spiro atoms. The minimum atomic E-state index is -0.971. The second-order valence-electron chi connectivity index (χ2n) is 6.67. The first kappa shape index (κ1) is 20.2. The van der Waals surface area contributed by atoms with Crippen LogP contribution in [0.5, 0.6) is 0 Å². The van der Waals surface area contributed by atoms with Gasteiger partial charge in [0, 0.05) is 18.8 Å². The smallest absolute Gasteiger partial charge is 0.335 e. The van der Waals surface area contributed by atoms with Gasteiger partial charge >= 0.3 is 5.97 Å². The Bertz CT molecular complexity index is 1050. The minimum absolute atomic E-state index is 0.217. The average molecular weight is 419 g/mol. The number of aromatic nitrogens is 3. The van der Waals surface area contributed by atoms with Crippen molar-refractivity contribution in [2.75, 3.05) is 41.9 Å². The number of rotatable bonds is 7. The summed E-state index contributed by atoms with van der Waals surface area (Å²) in [5.74, 6) is 0.237. The molecule has 1 aliphatic rings. The predicted octanol–water partition coefficient (Wildman–Crippen LogP) is 2.60. The molecule has 4 rings (SSSR count). The summed E-state index contributed by atoms with van der Waals surface area (Å²) in [6.45, 7) is 2.60. The summed E-state index contributed by atoms with van der Waals surface area (Å²) in [5, 5.41) is 16.3. The third-order valence-electron chi connectivity index (χ3n) is 4.48. The van der Waals surface area contributed by atoms with E-state index >= 15 is 0 Å². The van der Waals surface area contributed by atoms with Gasteiger partial charge in [-0.1, -0.05) is 30.3 Å². The molecule has 2 aromatic carbocycles. The van der Waals surface area contributed by atoms with Crippen molar-refractivity contribution >= 4 is 35.7 Å². The second-order valence-corrected chi connectivity index (χ2v) is 6.67. The maximum atomic E-state index is 11.0. The van der Waals surface area contributed by atoms with E-state index in [4.69, 9.17) is 9.84 Å². The molecule has 0 saturated carbocycles. The van der Waals surface area contributed by atoms with E-state index in [0.717, 1.165) is 11.3 Å². The summed E-state index contributed by atoms with van der Waals surface area (Å²) in [4.78, 5) is 26.4. The molecule has 10 nitrogen and oxygen atoms in total. The number of hydrogen-bond donors (Lipinski definition) is 3. The van der Waals surface area contributed by atoms with Crippen LogP contribution in [0.1, 0.15) is 15.9 Å². The lowest BCUT2D eigenvalue weighted by atomic mass is 10.1. The van der Waals surface area contributed by atoms with Crippen molar-refractivity contribution in [1.29, 1.82) is 0 Å². The van der Waals surface area contributed by atoms with Crippen molar-refractivity contribution in [3.8, 4) is 0 Å². The van der Waals surface area contributed by atoms with E-state index in [-0.39, 0.29) is 11.5 Å². The van der Waals surface area contributed by atoms with Crippen LogP contribution >= 0.6 is 0 Å². The molecule has 158 valence electrons.